The highest BCUT2D eigenvalue weighted by Gasteiger charge is 2.48. The van der Waals surface area contributed by atoms with Gasteiger partial charge in [-0.1, -0.05) is 0 Å². The molecule has 3 fully saturated rings. The zero-order chi connectivity index (χ0) is 24.4. The molecule has 0 aliphatic carbocycles. The number of H-pyrrole nitrogens is 1. The molecule has 35 heavy (non-hydrogen) atoms. The Morgan fingerprint density at radius 1 is 1.20 bits per heavy atom. The molecule has 190 valence electrons. The van der Waals surface area contributed by atoms with Crippen molar-refractivity contribution in [3.05, 3.63) is 30.0 Å². The maximum Gasteiger partial charge on any atom is 0.220 e. The van der Waals surface area contributed by atoms with E-state index in [0.717, 1.165) is 42.5 Å². The summed E-state index contributed by atoms with van der Waals surface area (Å²) in [5.41, 5.74) is 2.26. The third-order valence-electron chi connectivity index (χ3n) is 8.67. The fourth-order valence-electron chi connectivity index (χ4n) is 7.12. The Bertz CT molecular complexity index is 1050. The molecule has 0 saturated carbocycles. The lowest BCUT2D eigenvalue weighted by molar-refractivity contribution is -0.144. The molecule has 4 atom stereocenters. The van der Waals surface area contributed by atoms with Crippen LogP contribution in [-0.2, 0) is 16.0 Å². The summed E-state index contributed by atoms with van der Waals surface area (Å²) in [7, 11) is 1.68. The average molecular weight is 481 g/mol. The summed E-state index contributed by atoms with van der Waals surface area (Å²) in [5.74, 6) is 2.34. The van der Waals surface area contributed by atoms with E-state index in [1.165, 1.54) is 44.3 Å². The van der Waals surface area contributed by atoms with E-state index in [1.807, 2.05) is 24.4 Å². The molecule has 3 saturated heterocycles. The van der Waals surface area contributed by atoms with Crippen LogP contribution in [0.2, 0.25) is 0 Å². The van der Waals surface area contributed by atoms with Crippen molar-refractivity contribution in [3.63, 3.8) is 0 Å². The fourth-order valence-corrected chi connectivity index (χ4v) is 7.12. The largest absolute Gasteiger partial charge is 0.497 e. The van der Waals surface area contributed by atoms with Crippen molar-refractivity contribution >= 4 is 22.7 Å². The van der Waals surface area contributed by atoms with Crippen LogP contribution in [0.5, 0.6) is 5.75 Å². The number of benzene rings is 1. The smallest absolute Gasteiger partial charge is 0.220 e. The summed E-state index contributed by atoms with van der Waals surface area (Å²) in [4.78, 5) is 33.3. The van der Waals surface area contributed by atoms with Gasteiger partial charge in [-0.25, -0.2) is 0 Å². The van der Waals surface area contributed by atoms with Crippen molar-refractivity contribution in [1.82, 2.24) is 20.1 Å². The summed E-state index contributed by atoms with van der Waals surface area (Å²) in [6.07, 6.45) is 10.0. The minimum Gasteiger partial charge on any atom is -0.497 e. The second kappa shape index (κ2) is 10.6. The van der Waals surface area contributed by atoms with Gasteiger partial charge in [0.05, 0.1) is 7.11 Å². The molecule has 2 N–H and O–H groups in total. The van der Waals surface area contributed by atoms with Gasteiger partial charge in [0.2, 0.25) is 11.8 Å². The van der Waals surface area contributed by atoms with E-state index in [4.69, 9.17) is 4.74 Å². The minimum absolute atomic E-state index is 0.105. The molecule has 0 bridgehead atoms. The molecule has 3 aliphatic heterocycles. The van der Waals surface area contributed by atoms with Gasteiger partial charge >= 0.3 is 0 Å². The van der Waals surface area contributed by atoms with Crippen LogP contribution in [-0.4, -0.2) is 72.0 Å². The Hall–Kier alpha value is -2.54. The molecular formula is C28H40N4O3. The van der Waals surface area contributed by atoms with E-state index in [0.29, 0.717) is 30.8 Å². The number of methoxy groups -OCH3 is 1. The number of aromatic amines is 1. The lowest BCUT2D eigenvalue weighted by Gasteiger charge is -2.57. The van der Waals surface area contributed by atoms with Gasteiger partial charge in [-0.3, -0.25) is 14.5 Å². The molecule has 2 aromatic rings. The third kappa shape index (κ3) is 5.06. The predicted octanol–water partition coefficient (Wildman–Crippen LogP) is 3.73. The van der Waals surface area contributed by atoms with Gasteiger partial charge in [0.25, 0.3) is 0 Å². The lowest BCUT2D eigenvalue weighted by Crippen LogP contribution is -2.65. The van der Waals surface area contributed by atoms with Gasteiger partial charge in [0.15, 0.2) is 0 Å². The van der Waals surface area contributed by atoms with Crippen LogP contribution in [0.15, 0.2) is 24.4 Å². The quantitative estimate of drug-likeness (QED) is 0.604. The predicted molar refractivity (Wildman–Crippen MR) is 137 cm³/mol. The van der Waals surface area contributed by atoms with Gasteiger partial charge in [-0.05, 0) is 93.6 Å². The Balaban J connectivity index is 1.13. The first-order valence-electron chi connectivity index (χ1n) is 13.5. The van der Waals surface area contributed by atoms with E-state index in [-0.39, 0.29) is 17.9 Å². The number of ether oxygens (including phenoxy) is 1. The number of fused-ring (bicyclic) bond motifs is 1. The van der Waals surface area contributed by atoms with Crippen LogP contribution in [0.1, 0.15) is 57.4 Å². The SMILES string of the molecule is COc1ccc2[nH]cc(CCNC(=O)CCC[C@@H]3[C@H]4CCCN5CCC[C@@H](CN3C(C)=O)[C@@H]45)c2c1. The minimum atomic E-state index is 0.105. The van der Waals surface area contributed by atoms with Crippen molar-refractivity contribution in [3.8, 4) is 5.75 Å². The van der Waals surface area contributed by atoms with Crippen molar-refractivity contribution in [2.24, 2.45) is 11.8 Å². The Morgan fingerprint density at radius 3 is 2.83 bits per heavy atom. The summed E-state index contributed by atoms with van der Waals surface area (Å²) < 4.78 is 5.35. The number of carbonyl (C=O) groups excluding carboxylic acids is 2. The monoisotopic (exact) mass is 480 g/mol. The molecule has 7 heteroatoms. The van der Waals surface area contributed by atoms with Gasteiger partial charge in [-0.15, -0.1) is 0 Å². The number of hydrogen-bond acceptors (Lipinski definition) is 4. The Labute approximate surface area is 208 Å². The van der Waals surface area contributed by atoms with Crippen molar-refractivity contribution in [2.75, 3.05) is 33.3 Å². The molecule has 3 aliphatic rings. The zero-order valence-corrected chi connectivity index (χ0v) is 21.2. The Kier molecular flexibility index (Phi) is 7.32. The summed E-state index contributed by atoms with van der Waals surface area (Å²) in [6.45, 7) is 5.68. The fraction of sp³-hybridized carbons (Fsp3) is 0.643. The van der Waals surface area contributed by atoms with Gasteiger partial charge < -0.3 is 19.9 Å². The highest BCUT2D eigenvalue weighted by Crippen LogP contribution is 2.43. The molecule has 7 nitrogen and oxygen atoms in total. The highest BCUT2D eigenvalue weighted by molar-refractivity contribution is 5.84. The number of likely N-dealkylation sites (tertiary alicyclic amines) is 1. The van der Waals surface area contributed by atoms with E-state index in [2.05, 4.69) is 20.1 Å². The second-order valence-corrected chi connectivity index (χ2v) is 10.7. The third-order valence-corrected chi connectivity index (χ3v) is 8.67. The first-order chi connectivity index (χ1) is 17.0. The molecule has 0 unspecified atom stereocenters. The first kappa shape index (κ1) is 24.2. The molecule has 4 heterocycles. The number of rotatable bonds is 8. The molecule has 1 aromatic carbocycles. The molecule has 2 amide bonds. The maximum absolute atomic E-state index is 12.6. The van der Waals surface area contributed by atoms with Crippen LogP contribution >= 0.6 is 0 Å². The Morgan fingerprint density at radius 2 is 2.03 bits per heavy atom. The van der Waals surface area contributed by atoms with E-state index in [9.17, 15) is 9.59 Å². The number of aromatic nitrogens is 1. The molecular weight excluding hydrogens is 440 g/mol. The van der Waals surface area contributed by atoms with E-state index in [1.54, 1.807) is 14.0 Å². The standard InChI is InChI=1S/C28H40N4O3/c1-19(33)32-18-21-6-4-14-31-15-5-7-23(28(21)31)26(32)8-3-9-27(34)29-13-12-20-17-30-25-11-10-22(35-2)16-24(20)25/h10-11,16-17,21,23,26,28,30H,3-9,12-15,18H2,1-2H3,(H,29,34)/t21-,23+,26+,28-/m0/s1. The topological polar surface area (TPSA) is 77.7 Å². The van der Waals surface area contributed by atoms with Crippen LogP contribution in [0.4, 0.5) is 0 Å². The van der Waals surface area contributed by atoms with Crippen LogP contribution in [0, 0.1) is 11.8 Å². The van der Waals surface area contributed by atoms with Crippen molar-refractivity contribution in [2.45, 2.75) is 70.4 Å². The molecule has 5 rings (SSSR count). The molecule has 0 radical (unpaired) electrons. The molecule has 0 spiro atoms. The number of carbonyl (C=O) groups is 2. The van der Waals surface area contributed by atoms with Gasteiger partial charge in [0, 0.05) is 55.6 Å². The second-order valence-electron chi connectivity index (χ2n) is 10.7. The summed E-state index contributed by atoms with van der Waals surface area (Å²) >= 11 is 0. The highest BCUT2D eigenvalue weighted by atomic mass is 16.5. The zero-order valence-electron chi connectivity index (χ0n) is 21.2. The van der Waals surface area contributed by atoms with Crippen LogP contribution < -0.4 is 10.1 Å². The maximum atomic E-state index is 12.6. The van der Waals surface area contributed by atoms with E-state index < -0.39 is 0 Å². The summed E-state index contributed by atoms with van der Waals surface area (Å²) in [5, 5.41) is 4.24. The van der Waals surface area contributed by atoms with Gasteiger partial charge in [-0.2, -0.15) is 0 Å². The normalized spacial score (nSPS) is 26.4. The number of piperidine rings is 3. The number of amides is 2. The van der Waals surface area contributed by atoms with Crippen molar-refractivity contribution in [1.29, 1.82) is 0 Å². The van der Waals surface area contributed by atoms with Crippen molar-refractivity contribution < 1.29 is 14.3 Å². The molecule has 1 aromatic heterocycles. The lowest BCUT2D eigenvalue weighted by atomic mass is 9.69. The first-order valence-corrected chi connectivity index (χ1v) is 13.5. The van der Waals surface area contributed by atoms with E-state index >= 15 is 0 Å². The van der Waals surface area contributed by atoms with Gasteiger partial charge in [0.1, 0.15) is 5.75 Å². The van der Waals surface area contributed by atoms with Crippen LogP contribution in [0.3, 0.4) is 0 Å². The average Bonchev–Trinajstić information content (AvgIpc) is 3.27. The number of nitrogens with zero attached hydrogens (tertiary/aromatic N) is 2. The summed E-state index contributed by atoms with van der Waals surface area (Å²) in [6, 6.07) is 6.93. The number of nitrogens with one attached hydrogen (secondary N) is 2. The number of hydrogen-bond donors (Lipinski definition) is 2. The van der Waals surface area contributed by atoms with Crippen LogP contribution in [0.25, 0.3) is 10.9 Å².